The van der Waals surface area contributed by atoms with Gasteiger partial charge in [-0.2, -0.15) is 13.2 Å². The minimum absolute atomic E-state index is 0.191. The summed E-state index contributed by atoms with van der Waals surface area (Å²) < 4.78 is 37.9. The van der Waals surface area contributed by atoms with Crippen molar-refractivity contribution in [2.45, 2.75) is 6.18 Å². The van der Waals surface area contributed by atoms with Crippen LogP contribution in [0.1, 0.15) is 16.7 Å². The van der Waals surface area contributed by atoms with Gasteiger partial charge in [0.1, 0.15) is 0 Å². The Morgan fingerprint density at radius 2 is 1.39 bits per heavy atom. The highest BCUT2D eigenvalue weighted by Gasteiger charge is 2.30. The lowest BCUT2D eigenvalue weighted by molar-refractivity contribution is -0.137. The lowest BCUT2D eigenvalue weighted by atomic mass is 10.1. The maximum absolute atomic E-state index is 12.6. The Morgan fingerprint density at radius 1 is 0.821 bits per heavy atom. The Labute approximate surface area is 168 Å². The Morgan fingerprint density at radius 3 is 1.93 bits per heavy atom. The number of hydrogen-bond acceptors (Lipinski definition) is 2. The van der Waals surface area contributed by atoms with Crippen molar-refractivity contribution in [2.24, 2.45) is 0 Å². The highest BCUT2D eigenvalue weighted by molar-refractivity contribution is 6.42. The van der Waals surface area contributed by atoms with Crippen LogP contribution in [0.4, 0.5) is 13.2 Å². The number of alkyl halides is 3. The van der Waals surface area contributed by atoms with E-state index in [0.717, 1.165) is 24.3 Å². The van der Waals surface area contributed by atoms with Gasteiger partial charge in [0.05, 0.1) is 15.6 Å². The number of hydrazine groups is 1. The molecule has 0 radical (unpaired) electrons. The van der Waals surface area contributed by atoms with Gasteiger partial charge in [0.15, 0.2) is 0 Å². The van der Waals surface area contributed by atoms with Crippen LogP contribution in [0.3, 0.4) is 0 Å². The van der Waals surface area contributed by atoms with Gasteiger partial charge in [-0.25, -0.2) is 0 Å². The van der Waals surface area contributed by atoms with E-state index in [9.17, 15) is 22.8 Å². The first kappa shape index (κ1) is 21.5. The minimum atomic E-state index is -4.47. The van der Waals surface area contributed by atoms with Gasteiger partial charge in [-0.3, -0.25) is 20.4 Å². The van der Waals surface area contributed by atoms with E-state index in [4.69, 9.17) is 23.2 Å². The van der Waals surface area contributed by atoms with Crippen LogP contribution in [0, 0.1) is 0 Å². The van der Waals surface area contributed by atoms with Crippen molar-refractivity contribution in [3.05, 3.63) is 81.4 Å². The van der Waals surface area contributed by atoms with E-state index in [1.54, 1.807) is 18.2 Å². The Hall–Kier alpha value is -2.77. The molecule has 0 bridgehead atoms. The Balaban J connectivity index is 1.88. The number of carbonyl (C=O) groups excluding carboxylic acids is 2. The molecule has 0 aliphatic rings. The van der Waals surface area contributed by atoms with E-state index in [-0.39, 0.29) is 5.56 Å². The molecule has 0 fully saturated rings. The van der Waals surface area contributed by atoms with Crippen LogP contribution in [-0.2, 0) is 15.8 Å². The monoisotopic (exact) mass is 428 g/mol. The fourth-order valence-electron chi connectivity index (χ4n) is 1.99. The summed E-state index contributed by atoms with van der Waals surface area (Å²) in [7, 11) is 0. The maximum Gasteiger partial charge on any atom is 0.416 e. The van der Waals surface area contributed by atoms with Crippen LogP contribution in [0.5, 0.6) is 0 Å². The van der Waals surface area contributed by atoms with Crippen molar-refractivity contribution in [1.29, 1.82) is 0 Å². The zero-order valence-corrected chi connectivity index (χ0v) is 15.6. The zero-order chi connectivity index (χ0) is 20.7. The van der Waals surface area contributed by atoms with Gasteiger partial charge >= 0.3 is 6.18 Å². The minimum Gasteiger partial charge on any atom is -0.268 e. The summed E-state index contributed by atoms with van der Waals surface area (Å²) in [6, 6.07) is 9.26. The third-order valence-electron chi connectivity index (χ3n) is 3.32. The number of hydrogen-bond donors (Lipinski definition) is 2. The van der Waals surface area contributed by atoms with Gasteiger partial charge in [0.2, 0.25) is 0 Å². The molecular formula is C19H13Cl2F3N2O2. The first-order chi connectivity index (χ1) is 13.1. The van der Waals surface area contributed by atoms with E-state index in [2.05, 4.69) is 10.9 Å². The second kappa shape index (κ2) is 9.43. The topological polar surface area (TPSA) is 58.2 Å². The molecular weight excluding hydrogens is 416 g/mol. The molecule has 2 aromatic rings. The number of benzene rings is 2. The fraction of sp³-hybridized carbons (Fsp3) is 0.0526. The summed E-state index contributed by atoms with van der Waals surface area (Å²) in [5, 5.41) is 0.709. The van der Waals surface area contributed by atoms with Gasteiger partial charge in [0.25, 0.3) is 11.8 Å². The lowest BCUT2D eigenvalue weighted by Gasteiger charge is -2.06. The molecule has 0 atom stereocenters. The number of carbonyl (C=O) groups is 2. The van der Waals surface area contributed by atoms with Crippen LogP contribution < -0.4 is 10.9 Å². The standard InChI is InChI=1S/C19H13Cl2F3N2O2/c20-15-7-4-13(11-16(15)21)6-9-18(28)26-25-17(27)8-5-12-2-1-3-14(10-12)19(22,23)24/h1-11H,(H,25,27)(H,26,28)/b8-5+,9-6+. The summed E-state index contributed by atoms with van der Waals surface area (Å²) >= 11 is 11.6. The van der Waals surface area contributed by atoms with E-state index >= 15 is 0 Å². The molecule has 28 heavy (non-hydrogen) atoms. The van der Waals surface area contributed by atoms with E-state index in [1.165, 1.54) is 24.3 Å². The van der Waals surface area contributed by atoms with Crippen LogP contribution in [-0.4, -0.2) is 11.8 Å². The van der Waals surface area contributed by atoms with Crippen molar-refractivity contribution >= 4 is 47.2 Å². The van der Waals surface area contributed by atoms with Crippen molar-refractivity contribution in [3.8, 4) is 0 Å². The molecule has 9 heteroatoms. The number of nitrogens with one attached hydrogen (secondary N) is 2. The molecule has 0 unspecified atom stereocenters. The second-order valence-corrected chi connectivity index (χ2v) is 6.26. The van der Waals surface area contributed by atoms with Gasteiger partial charge in [-0.05, 0) is 47.5 Å². The van der Waals surface area contributed by atoms with Crippen molar-refractivity contribution < 1.29 is 22.8 Å². The average molecular weight is 429 g/mol. The molecule has 0 aliphatic heterocycles. The molecule has 146 valence electrons. The van der Waals surface area contributed by atoms with Crippen LogP contribution in [0.15, 0.2) is 54.6 Å². The Bertz CT molecular complexity index is 941. The molecule has 2 N–H and O–H groups in total. The molecule has 2 aromatic carbocycles. The SMILES string of the molecule is O=C(/C=C/c1cccc(C(F)(F)F)c1)NNC(=O)/C=C/c1ccc(Cl)c(Cl)c1. The summed E-state index contributed by atoms with van der Waals surface area (Å²) in [6.07, 6.45) is 0.347. The molecule has 0 saturated carbocycles. The maximum atomic E-state index is 12.6. The largest absolute Gasteiger partial charge is 0.416 e. The van der Waals surface area contributed by atoms with Gasteiger partial charge in [-0.1, -0.05) is 41.4 Å². The predicted octanol–water partition coefficient (Wildman–Crippen LogP) is 4.89. The molecule has 0 aromatic heterocycles. The molecule has 4 nitrogen and oxygen atoms in total. The molecule has 0 aliphatic carbocycles. The summed E-state index contributed by atoms with van der Waals surface area (Å²) in [5.74, 6) is -1.33. The van der Waals surface area contributed by atoms with Crippen molar-refractivity contribution in [2.75, 3.05) is 0 Å². The first-order valence-electron chi connectivity index (χ1n) is 7.73. The number of amides is 2. The average Bonchev–Trinajstić information content (AvgIpc) is 2.65. The molecule has 0 saturated heterocycles. The third-order valence-corrected chi connectivity index (χ3v) is 4.06. The van der Waals surface area contributed by atoms with Gasteiger partial charge in [0, 0.05) is 12.2 Å². The van der Waals surface area contributed by atoms with Crippen LogP contribution in [0.2, 0.25) is 10.0 Å². The summed E-state index contributed by atoms with van der Waals surface area (Å²) in [6.45, 7) is 0. The summed E-state index contributed by atoms with van der Waals surface area (Å²) in [5.41, 5.74) is 4.24. The first-order valence-corrected chi connectivity index (χ1v) is 8.49. The highest BCUT2D eigenvalue weighted by Crippen LogP contribution is 2.29. The molecule has 2 rings (SSSR count). The quantitative estimate of drug-likeness (QED) is 0.538. The second-order valence-electron chi connectivity index (χ2n) is 5.44. The van der Waals surface area contributed by atoms with Crippen LogP contribution in [0.25, 0.3) is 12.2 Å². The number of halogens is 5. The zero-order valence-electron chi connectivity index (χ0n) is 14.1. The lowest BCUT2D eigenvalue weighted by Crippen LogP contribution is -2.39. The predicted molar refractivity (Wildman–Crippen MR) is 102 cm³/mol. The highest BCUT2D eigenvalue weighted by atomic mass is 35.5. The molecule has 0 heterocycles. The fourth-order valence-corrected chi connectivity index (χ4v) is 2.29. The molecule has 0 spiro atoms. The van der Waals surface area contributed by atoms with E-state index in [1.807, 2.05) is 0 Å². The Kier molecular flexibility index (Phi) is 7.25. The van der Waals surface area contributed by atoms with Crippen LogP contribution >= 0.6 is 23.2 Å². The smallest absolute Gasteiger partial charge is 0.268 e. The van der Waals surface area contributed by atoms with E-state index < -0.39 is 23.6 Å². The van der Waals surface area contributed by atoms with Gasteiger partial charge in [-0.15, -0.1) is 0 Å². The summed E-state index contributed by atoms with van der Waals surface area (Å²) in [4.78, 5) is 23.3. The normalized spacial score (nSPS) is 11.8. The third kappa shape index (κ3) is 6.75. The van der Waals surface area contributed by atoms with E-state index in [0.29, 0.717) is 15.6 Å². The van der Waals surface area contributed by atoms with Crippen molar-refractivity contribution in [1.82, 2.24) is 10.9 Å². The number of rotatable bonds is 4. The van der Waals surface area contributed by atoms with Crippen molar-refractivity contribution in [3.63, 3.8) is 0 Å². The van der Waals surface area contributed by atoms with Gasteiger partial charge < -0.3 is 0 Å². The molecule has 2 amide bonds.